The summed E-state index contributed by atoms with van der Waals surface area (Å²) >= 11 is 0. The van der Waals surface area contributed by atoms with Crippen molar-refractivity contribution in [2.75, 3.05) is 9.80 Å². The number of benzene rings is 15. The fourth-order valence-electron chi connectivity index (χ4n) is 15.4. The van der Waals surface area contributed by atoms with Gasteiger partial charge in [-0.2, -0.15) is 0 Å². The Labute approximate surface area is 525 Å². The van der Waals surface area contributed by atoms with E-state index in [1.54, 1.807) is 0 Å². The molecule has 4 heteroatoms. The Morgan fingerprint density at radius 2 is 0.744 bits per heavy atom. The molecule has 0 N–H and O–H groups in total. The van der Waals surface area contributed by atoms with Crippen molar-refractivity contribution >= 4 is 111 Å². The first kappa shape index (κ1) is 52.0. The Hall–Kier alpha value is -11.2. The summed E-state index contributed by atoms with van der Waals surface area (Å²) in [4.78, 5) is 5.37. The number of rotatable bonds is 8. The minimum absolute atomic E-state index is 0.207. The molecule has 90 heavy (non-hydrogen) atoms. The van der Waals surface area contributed by atoms with Crippen LogP contribution in [0.25, 0.3) is 115 Å². The van der Waals surface area contributed by atoms with Crippen molar-refractivity contribution < 1.29 is 0 Å². The smallest absolute Gasteiger partial charge is 0.252 e. The van der Waals surface area contributed by atoms with Crippen molar-refractivity contribution in [1.29, 1.82) is 0 Å². The number of hydrogen-bond acceptors (Lipinski definition) is 2. The van der Waals surface area contributed by atoms with E-state index in [0.717, 1.165) is 78.6 Å². The maximum Gasteiger partial charge on any atom is 0.252 e. The standard InChI is InChI=1S/C86H60BN3/c1-86(2,3)63-52-79-83-80(53-63)90(85-68(57-27-12-6-13-28-57)37-22-38-69(85)58-29-14-7-15-30-58)78-54-64(88-75-39-18-16-33-70(75)71-34-17-19-40-76(71)88)46-49-73(78)87(83)74-51-62(65-47-43-61-42-41-59-31-20-32-60-44-48-72(65)82(61)81(59)60)45-50-77(74)89(79)84-66(55-23-8-4-9-24-55)35-21-36-67(84)56-25-10-5-11-26-56/h4-54H,1-3H3. The summed E-state index contributed by atoms with van der Waals surface area (Å²) in [6, 6.07) is 116. The molecule has 15 aromatic carbocycles. The quantitative estimate of drug-likeness (QED) is 0.111. The average Bonchev–Trinajstić information content (AvgIpc) is 0.742. The average molecular weight is 1150 g/mol. The van der Waals surface area contributed by atoms with E-state index in [-0.39, 0.29) is 12.1 Å². The van der Waals surface area contributed by atoms with Gasteiger partial charge in [0.05, 0.1) is 22.4 Å². The van der Waals surface area contributed by atoms with Crippen molar-refractivity contribution in [3.05, 3.63) is 315 Å². The molecule has 18 rings (SSSR count). The fraction of sp³-hybridized carbons (Fsp3) is 0.0465. The monoisotopic (exact) mass is 1150 g/mol. The van der Waals surface area contributed by atoms with Gasteiger partial charge in [0, 0.05) is 61.5 Å². The Kier molecular flexibility index (Phi) is 11.7. The third kappa shape index (κ3) is 7.94. The van der Waals surface area contributed by atoms with E-state index in [1.165, 1.54) is 92.9 Å². The third-order valence-electron chi connectivity index (χ3n) is 19.5. The van der Waals surface area contributed by atoms with Crippen molar-refractivity contribution in [3.8, 4) is 61.3 Å². The van der Waals surface area contributed by atoms with Crippen LogP contribution in [-0.4, -0.2) is 11.3 Å². The summed E-state index contributed by atoms with van der Waals surface area (Å²) < 4.78 is 2.49. The van der Waals surface area contributed by atoms with E-state index in [9.17, 15) is 0 Å². The number of hydrogen-bond donors (Lipinski definition) is 0. The second-order valence-corrected chi connectivity index (χ2v) is 25.5. The molecule has 2 aliphatic rings. The molecule has 1 aromatic heterocycles. The molecule has 0 amide bonds. The Balaban J connectivity index is 1.01. The van der Waals surface area contributed by atoms with Gasteiger partial charge in [0.15, 0.2) is 0 Å². The van der Waals surface area contributed by atoms with E-state index >= 15 is 0 Å². The molecular formula is C86H60BN3. The Morgan fingerprint density at radius 1 is 0.289 bits per heavy atom. The van der Waals surface area contributed by atoms with Gasteiger partial charge in [0.25, 0.3) is 6.71 Å². The van der Waals surface area contributed by atoms with Crippen LogP contribution in [0.5, 0.6) is 0 Å². The molecule has 0 saturated heterocycles. The van der Waals surface area contributed by atoms with Gasteiger partial charge in [0.2, 0.25) is 0 Å². The van der Waals surface area contributed by atoms with Crippen LogP contribution in [-0.2, 0) is 5.41 Å². The zero-order valence-electron chi connectivity index (χ0n) is 50.4. The zero-order chi connectivity index (χ0) is 59.8. The molecule has 422 valence electrons. The summed E-state index contributed by atoms with van der Waals surface area (Å²) in [6.07, 6.45) is 0. The van der Waals surface area contributed by atoms with Crippen LogP contribution >= 0.6 is 0 Å². The molecule has 3 nitrogen and oxygen atoms in total. The predicted octanol–water partition coefficient (Wildman–Crippen LogP) is 21.4. The Morgan fingerprint density at radius 3 is 1.27 bits per heavy atom. The van der Waals surface area contributed by atoms with Gasteiger partial charge < -0.3 is 14.4 Å². The normalized spacial score (nSPS) is 12.8. The van der Waals surface area contributed by atoms with Gasteiger partial charge in [-0.3, -0.25) is 0 Å². The van der Waals surface area contributed by atoms with Gasteiger partial charge in [0.1, 0.15) is 0 Å². The second kappa shape index (κ2) is 20.2. The van der Waals surface area contributed by atoms with Crippen molar-refractivity contribution in [3.63, 3.8) is 0 Å². The lowest BCUT2D eigenvalue weighted by molar-refractivity contribution is 0.590. The topological polar surface area (TPSA) is 11.4 Å². The van der Waals surface area contributed by atoms with Gasteiger partial charge in [-0.1, -0.05) is 288 Å². The lowest BCUT2D eigenvalue weighted by atomic mass is 9.33. The highest BCUT2D eigenvalue weighted by Crippen LogP contribution is 2.54. The maximum absolute atomic E-state index is 2.69. The maximum atomic E-state index is 2.69. The van der Waals surface area contributed by atoms with Crippen LogP contribution in [0.2, 0.25) is 0 Å². The molecule has 0 aliphatic carbocycles. The van der Waals surface area contributed by atoms with E-state index in [1.807, 2.05) is 0 Å². The van der Waals surface area contributed by atoms with Crippen LogP contribution in [0.1, 0.15) is 26.3 Å². The van der Waals surface area contributed by atoms with Crippen LogP contribution in [0.3, 0.4) is 0 Å². The first-order chi connectivity index (χ1) is 44.3. The van der Waals surface area contributed by atoms with Gasteiger partial charge >= 0.3 is 0 Å². The molecule has 0 bridgehead atoms. The molecule has 3 heterocycles. The number of fused-ring (bicyclic) bond motifs is 7. The molecule has 0 spiro atoms. The first-order valence-electron chi connectivity index (χ1n) is 31.5. The number of anilines is 6. The van der Waals surface area contributed by atoms with Crippen LogP contribution in [0, 0.1) is 0 Å². The lowest BCUT2D eigenvalue weighted by Crippen LogP contribution is -2.61. The van der Waals surface area contributed by atoms with Crippen LogP contribution in [0.4, 0.5) is 34.1 Å². The minimum Gasteiger partial charge on any atom is -0.310 e. The largest absolute Gasteiger partial charge is 0.310 e. The van der Waals surface area contributed by atoms with Crippen molar-refractivity contribution in [2.45, 2.75) is 26.2 Å². The minimum atomic E-state index is -0.273. The summed E-state index contributed by atoms with van der Waals surface area (Å²) in [6.45, 7) is 6.93. The second-order valence-electron chi connectivity index (χ2n) is 25.5. The van der Waals surface area contributed by atoms with Gasteiger partial charge in [-0.05, 0) is 136 Å². The molecule has 16 aromatic rings. The summed E-state index contributed by atoms with van der Waals surface area (Å²) in [5.41, 5.74) is 26.8. The lowest BCUT2D eigenvalue weighted by Gasteiger charge is -2.46. The SMILES string of the molecule is CC(C)(C)c1cc2c3c(c1)N(c1c(-c4ccccc4)cccc1-c1ccccc1)c1cc(-n4c5ccccc5c5ccccc54)ccc1B3c1cc(-c3ccc4ccc5cccc6ccc3c4c56)ccc1N2c1c(-c2ccccc2)cccc1-c1ccccc1. The first-order valence-corrected chi connectivity index (χ1v) is 31.5. The molecule has 2 aliphatic heterocycles. The highest BCUT2D eigenvalue weighted by Gasteiger charge is 2.46. The summed E-state index contributed by atoms with van der Waals surface area (Å²) in [7, 11) is 0. The predicted molar refractivity (Wildman–Crippen MR) is 384 cm³/mol. The van der Waals surface area contributed by atoms with E-state index < -0.39 is 0 Å². The number of para-hydroxylation sites is 4. The molecule has 0 atom stereocenters. The zero-order valence-corrected chi connectivity index (χ0v) is 50.4. The van der Waals surface area contributed by atoms with Gasteiger partial charge in [-0.15, -0.1) is 0 Å². The number of aromatic nitrogens is 1. The van der Waals surface area contributed by atoms with Crippen LogP contribution < -0.4 is 26.2 Å². The molecular weight excluding hydrogens is 1090 g/mol. The van der Waals surface area contributed by atoms with E-state index in [0.29, 0.717) is 0 Å². The highest BCUT2D eigenvalue weighted by molar-refractivity contribution is 7.00. The molecule has 0 fully saturated rings. The number of nitrogens with zero attached hydrogens (tertiary/aromatic N) is 3. The fourth-order valence-corrected chi connectivity index (χ4v) is 15.4. The Bertz CT molecular complexity index is 5340. The van der Waals surface area contributed by atoms with Gasteiger partial charge in [-0.25, -0.2) is 0 Å². The summed E-state index contributed by atoms with van der Waals surface area (Å²) in [5.74, 6) is 0. The van der Waals surface area contributed by atoms with E-state index in [4.69, 9.17) is 0 Å². The third-order valence-corrected chi connectivity index (χ3v) is 19.5. The highest BCUT2D eigenvalue weighted by atomic mass is 15.2. The van der Waals surface area contributed by atoms with Crippen molar-refractivity contribution in [2.24, 2.45) is 0 Å². The molecule has 0 saturated carbocycles. The molecule has 0 unspecified atom stereocenters. The van der Waals surface area contributed by atoms with E-state index in [2.05, 4.69) is 345 Å². The van der Waals surface area contributed by atoms with Crippen molar-refractivity contribution in [1.82, 2.24) is 4.57 Å². The van der Waals surface area contributed by atoms with Crippen LogP contribution in [0.15, 0.2) is 309 Å². The molecule has 0 radical (unpaired) electrons. The summed E-state index contributed by atoms with van der Waals surface area (Å²) in [5, 5.41) is 10.2.